The number of nitrogens with zero attached hydrogens (tertiary/aromatic N) is 3. The molecule has 0 saturated heterocycles. The van der Waals surface area contributed by atoms with E-state index in [1.165, 1.54) is 6.33 Å². The van der Waals surface area contributed by atoms with Crippen molar-refractivity contribution in [2.45, 2.75) is 0 Å². The number of nitrogens with one attached hydrogen (secondary N) is 2. The van der Waals surface area contributed by atoms with Gasteiger partial charge >= 0.3 is 0 Å². The molecule has 0 fully saturated rings. The molecule has 0 radical (unpaired) electrons. The fourth-order valence-electron chi connectivity index (χ4n) is 2.60. The Bertz CT molecular complexity index is 1020. The summed E-state index contributed by atoms with van der Waals surface area (Å²) < 4.78 is 6.85. The van der Waals surface area contributed by atoms with Crippen LogP contribution in [0, 0.1) is 0 Å². The van der Waals surface area contributed by atoms with Crippen LogP contribution in [0.15, 0.2) is 61.2 Å². The number of benzene rings is 2. The van der Waals surface area contributed by atoms with E-state index < -0.39 is 0 Å². The summed E-state index contributed by atoms with van der Waals surface area (Å²) in [5.74, 6) is 0.547. The van der Waals surface area contributed by atoms with Crippen molar-refractivity contribution in [3.63, 3.8) is 0 Å². The Morgan fingerprint density at radius 1 is 1.16 bits per heavy atom. The number of aromatic nitrogens is 4. The van der Waals surface area contributed by atoms with Crippen LogP contribution in [0.1, 0.15) is 10.5 Å². The van der Waals surface area contributed by atoms with Crippen molar-refractivity contribution >= 4 is 22.5 Å². The SMILES string of the molecule is COc1ccc2[nH]c(C(=O)Nc3ccc(-n4cncn4)cc3)cc2c1. The Morgan fingerprint density at radius 3 is 2.72 bits per heavy atom. The van der Waals surface area contributed by atoms with Crippen molar-refractivity contribution in [2.24, 2.45) is 0 Å². The molecule has 0 aliphatic rings. The highest BCUT2D eigenvalue weighted by Gasteiger charge is 2.10. The van der Waals surface area contributed by atoms with Gasteiger partial charge in [0.15, 0.2) is 0 Å². The number of carbonyl (C=O) groups is 1. The second kappa shape index (κ2) is 6.12. The Balaban J connectivity index is 1.53. The lowest BCUT2D eigenvalue weighted by Crippen LogP contribution is -2.12. The summed E-state index contributed by atoms with van der Waals surface area (Å²) in [4.78, 5) is 19.5. The first-order valence-corrected chi connectivity index (χ1v) is 7.66. The van der Waals surface area contributed by atoms with E-state index in [9.17, 15) is 4.79 Å². The van der Waals surface area contributed by atoms with Crippen LogP contribution in [0.4, 0.5) is 5.69 Å². The van der Waals surface area contributed by atoms with Crippen LogP contribution >= 0.6 is 0 Å². The normalized spacial score (nSPS) is 10.8. The Labute approximate surface area is 143 Å². The molecular formula is C18H15N5O2. The molecule has 0 unspecified atom stereocenters. The van der Waals surface area contributed by atoms with Gasteiger partial charge in [0.05, 0.1) is 12.8 Å². The molecule has 7 nitrogen and oxygen atoms in total. The summed E-state index contributed by atoms with van der Waals surface area (Å²) in [6.45, 7) is 0. The molecule has 2 aromatic carbocycles. The average Bonchev–Trinajstić information content (AvgIpc) is 3.31. The van der Waals surface area contributed by atoms with Crippen LogP contribution in [0.2, 0.25) is 0 Å². The largest absolute Gasteiger partial charge is 0.497 e. The summed E-state index contributed by atoms with van der Waals surface area (Å²) in [7, 11) is 1.62. The highest BCUT2D eigenvalue weighted by molar-refractivity contribution is 6.06. The van der Waals surface area contributed by atoms with Crippen molar-refractivity contribution in [2.75, 3.05) is 12.4 Å². The molecule has 0 spiro atoms. The van der Waals surface area contributed by atoms with E-state index >= 15 is 0 Å². The van der Waals surface area contributed by atoms with Gasteiger partial charge in [-0.25, -0.2) is 9.67 Å². The quantitative estimate of drug-likeness (QED) is 0.601. The lowest BCUT2D eigenvalue weighted by molar-refractivity contribution is 0.102. The molecule has 0 aliphatic heterocycles. The second-order valence-electron chi connectivity index (χ2n) is 5.48. The number of fused-ring (bicyclic) bond motifs is 1. The van der Waals surface area contributed by atoms with Crippen molar-refractivity contribution < 1.29 is 9.53 Å². The van der Waals surface area contributed by atoms with Gasteiger partial charge < -0.3 is 15.0 Å². The van der Waals surface area contributed by atoms with Crippen LogP contribution in [0.3, 0.4) is 0 Å². The number of hydrogen-bond donors (Lipinski definition) is 2. The van der Waals surface area contributed by atoms with Gasteiger partial charge in [0.1, 0.15) is 24.1 Å². The topological polar surface area (TPSA) is 84.8 Å². The zero-order valence-electron chi connectivity index (χ0n) is 13.4. The molecule has 4 rings (SSSR count). The van der Waals surface area contributed by atoms with Crippen molar-refractivity contribution in [3.05, 3.63) is 66.9 Å². The van der Waals surface area contributed by atoms with Crippen LogP contribution in [-0.4, -0.2) is 32.8 Å². The molecule has 1 amide bonds. The molecule has 124 valence electrons. The van der Waals surface area contributed by atoms with Gasteiger partial charge in [-0.3, -0.25) is 4.79 Å². The zero-order chi connectivity index (χ0) is 17.2. The monoisotopic (exact) mass is 333 g/mol. The van der Waals surface area contributed by atoms with E-state index in [4.69, 9.17) is 4.74 Å². The van der Waals surface area contributed by atoms with Crippen LogP contribution < -0.4 is 10.1 Å². The minimum absolute atomic E-state index is 0.205. The standard InChI is InChI=1S/C18H15N5O2/c1-25-15-6-7-16-12(8-15)9-17(22-16)18(24)21-13-2-4-14(5-3-13)23-11-19-10-20-23/h2-11,22H,1H3,(H,21,24). The molecule has 0 atom stereocenters. The number of methoxy groups -OCH3 is 1. The summed E-state index contributed by atoms with van der Waals surface area (Å²) in [6, 6.07) is 14.8. The first-order valence-electron chi connectivity index (χ1n) is 7.66. The van der Waals surface area contributed by atoms with Crippen molar-refractivity contribution in [3.8, 4) is 11.4 Å². The van der Waals surface area contributed by atoms with Gasteiger partial charge in [-0.05, 0) is 48.5 Å². The lowest BCUT2D eigenvalue weighted by Gasteiger charge is -2.05. The highest BCUT2D eigenvalue weighted by Crippen LogP contribution is 2.22. The Morgan fingerprint density at radius 2 is 2.00 bits per heavy atom. The van der Waals surface area contributed by atoms with Gasteiger partial charge in [0.25, 0.3) is 5.91 Å². The molecule has 2 heterocycles. The van der Waals surface area contributed by atoms with Crippen LogP contribution in [0.5, 0.6) is 5.75 Å². The van der Waals surface area contributed by atoms with Crippen molar-refractivity contribution in [1.29, 1.82) is 0 Å². The number of H-pyrrole nitrogens is 1. The van der Waals surface area contributed by atoms with Gasteiger partial charge in [0.2, 0.25) is 0 Å². The summed E-state index contributed by atoms with van der Waals surface area (Å²) in [6.07, 6.45) is 3.09. The van der Waals surface area contributed by atoms with E-state index in [0.29, 0.717) is 11.4 Å². The van der Waals surface area contributed by atoms with E-state index in [1.807, 2.05) is 42.5 Å². The van der Waals surface area contributed by atoms with E-state index in [1.54, 1.807) is 24.2 Å². The predicted octanol–water partition coefficient (Wildman–Crippen LogP) is 3.01. The molecule has 0 saturated carbocycles. The maximum absolute atomic E-state index is 12.5. The fourth-order valence-corrected chi connectivity index (χ4v) is 2.60. The van der Waals surface area contributed by atoms with Gasteiger partial charge in [-0.15, -0.1) is 0 Å². The average molecular weight is 333 g/mol. The van der Waals surface area contributed by atoms with Gasteiger partial charge in [0, 0.05) is 16.6 Å². The van der Waals surface area contributed by atoms with Gasteiger partial charge in [-0.2, -0.15) is 5.10 Å². The summed E-state index contributed by atoms with van der Waals surface area (Å²) in [5, 5.41) is 7.86. The van der Waals surface area contributed by atoms with Gasteiger partial charge in [-0.1, -0.05) is 0 Å². The first kappa shape index (κ1) is 14.9. The Kier molecular flexibility index (Phi) is 3.66. The minimum atomic E-state index is -0.205. The number of rotatable bonds is 4. The predicted molar refractivity (Wildman–Crippen MR) is 94.2 cm³/mol. The van der Waals surface area contributed by atoms with E-state index in [2.05, 4.69) is 20.4 Å². The maximum atomic E-state index is 12.5. The van der Waals surface area contributed by atoms with Crippen molar-refractivity contribution in [1.82, 2.24) is 19.7 Å². The smallest absolute Gasteiger partial charge is 0.272 e. The maximum Gasteiger partial charge on any atom is 0.272 e. The summed E-state index contributed by atoms with van der Waals surface area (Å²) >= 11 is 0. The third kappa shape index (κ3) is 2.94. The lowest BCUT2D eigenvalue weighted by atomic mass is 10.2. The van der Waals surface area contributed by atoms with E-state index in [-0.39, 0.29) is 5.91 Å². The highest BCUT2D eigenvalue weighted by atomic mass is 16.5. The van der Waals surface area contributed by atoms with E-state index in [0.717, 1.165) is 22.3 Å². The summed E-state index contributed by atoms with van der Waals surface area (Å²) in [5.41, 5.74) is 2.94. The zero-order valence-corrected chi connectivity index (χ0v) is 13.4. The van der Waals surface area contributed by atoms with Crippen LogP contribution in [-0.2, 0) is 0 Å². The molecule has 0 bridgehead atoms. The van der Waals surface area contributed by atoms with Crippen LogP contribution in [0.25, 0.3) is 16.6 Å². The number of anilines is 1. The Hall–Kier alpha value is -3.61. The molecule has 0 aliphatic carbocycles. The second-order valence-corrected chi connectivity index (χ2v) is 5.48. The molecular weight excluding hydrogens is 318 g/mol. The third-order valence-corrected chi connectivity index (χ3v) is 3.88. The number of carbonyl (C=O) groups excluding carboxylic acids is 1. The minimum Gasteiger partial charge on any atom is -0.497 e. The fraction of sp³-hybridized carbons (Fsp3) is 0.0556. The number of hydrogen-bond acceptors (Lipinski definition) is 4. The molecule has 25 heavy (non-hydrogen) atoms. The molecule has 2 aromatic heterocycles. The molecule has 7 heteroatoms. The molecule has 2 N–H and O–H groups in total. The number of aromatic amines is 1. The number of amides is 1. The first-order chi connectivity index (χ1) is 12.2. The number of ether oxygens (including phenoxy) is 1. The molecule has 4 aromatic rings. The third-order valence-electron chi connectivity index (χ3n) is 3.88.